The lowest BCUT2D eigenvalue weighted by molar-refractivity contribution is -0.132. The van der Waals surface area contributed by atoms with Gasteiger partial charge in [-0.05, 0) is 110 Å². The Morgan fingerprint density at radius 1 is 0.296 bits per heavy atom. The molecule has 0 unspecified atom stereocenters. The van der Waals surface area contributed by atoms with Crippen LogP contribution in [0.1, 0.15) is 41.5 Å². The van der Waals surface area contributed by atoms with Crippen LogP contribution in [0.25, 0.3) is 32.3 Å². The monoisotopic (exact) mass is 732 g/mol. The predicted octanol–water partition coefficient (Wildman–Crippen LogP) is 8.04. The molecule has 0 aliphatic heterocycles. The zero-order valence-electron chi connectivity index (χ0n) is 30.6. The van der Waals surface area contributed by atoms with Gasteiger partial charge in [-0.15, -0.1) is 0 Å². The van der Waals surface area contributed by atoms with Crippen LogP contribution in [-0.4, -0.2) is 35.8 Å². The van der Waals surface area contributed by atoms with Crippen LogP contribution >= 0.6 is 0 Å². The van der Waals surface area contributed by atoms with Gasteiger partial charge in [-0.3, -0.25) is 0 Å². The molecule has 0 saturated carbocycles. The van der Waals surface area contributed by atoms with E-state index in [2.05, 4.69) is 39.5 Å². The lowest BCUT2D eigenvalue weighted by Gasteiger charge is -2.19. The van der Waals surface area contributed by atoms with Gasteiger partial charge < -0.3 is 28.4 Å². The Hall–Kier alpha value is -7.08. The zero-order chi connectivity index (χ0) is 40.3. The number of ether oxygens (including phenoxy) is 6. The highest BCUT2D eigenvalue weighted by atomic mass is 16.6. The number of rotatable bonds is 12. The molecule has 4 aromatic carbocycles. The summed E-state index contributed by atoms with van der Waals surface area (Å²) in [5.74, 6) is -6.25. The van der Waals surface area contributed by atoms with Gasteiger partial charge in [0.05, 0.1) is 0 Å². The molecule has 0 amide bonds. The number of carbonyl (C=O) groups excluding carboxylic acids is 6. The molecule has 276 valence electrons. The number of hydrogen-bond donors (Lipinski definition) is 0. The normalized spacial score (nSPS) is 10.6. The van der Waals surface area contributed by atoms with Crippen LogP contribution in [0.2, 0.25) is 0 Å². The summed E-state index contributed by atoms with van der Waals surface area (Å²) in [6.45, 7) is 30.3. The fraction of sp³-hybridized carbons (Fsp3) is 0.143. The largest absolute Gasteiger partial charge is 0.419 e. The quantitative estimate of drug-likeness (QED) is 0.0598. The van der Waals surface area contributed by atoms with E-state index in [-0.39, 0.29) is 67.9 Å². The molecule has 54 heavy (non-hydrogen) atoms. The van der Waals surface area contributed by atoms with Crippen molar-refractivity contribution in [3.63, 3.8) is 0 Å². The van der Waals surface area contributed by atoms with Crippen LogP contribution < -0.4 is 28.4 Å². The summed E-state index contributed by atoms with van der Waals surface area (Å²) >= 11 is 0. The molecule has 0 heterocycles. The predicted molar refractivity (Wildman–Crippen MR) is 202 cm³/mol. The van der Waals surface area contributed by atoms with Crippen molar-refractivity contribution in [1.82, 2.24) is 0 Å². The summed E-state index contributed by atoms with van der Waals surface area (Å²) in [7, 11) is 0. The van der Waals surface area contributed by atoms with Crippen molar-refractivity contribution in [3.8, 4) is 34.5 Å². The van der Waals surface area contributed by atoms with Gasteiger partial charge in [0.1, 0.15) is 0 Å². The van der Waals surface area contributed by atoms with Gasteiger partial charge in [0.25, 0.3) is 0 Å². The fourth-order valence-corrected chi connectivity index (χ4v) is 4.62. The van der Waals surface area contributed by atoms with Gasteiger partial charge in [-0.1, -0.05) is 39.5 Å². The first-order chi connectivity index (χ1) is 25.2. The third kappa shape index (κ3) is 8.51. The second kappa shape index (κ2) is 15.7. The van der Waals surface area contributed by atoms with Crippen LogP contribution in [0.4, 0.5) is 0 Å². The summed E-state index contributed by atoms with van der Waals surface area (Å²) in [5, 5.41) is 1.87. The topological polar surface area (TPSA) is 158 Å². The first-order valence-electron chi connectivity index (χ1n) is 16.0. The summed E-state index contributed by atoms with van der Waals surface area (Å²) in [6, 6.07) is 8.40. The first kappa shape index (κ1) is 39.7. The SMILES string of the molecule is C=C(C)C(=O)Oc1cc2c3cc(OC(=O)C(=C)C)c(OC(=O)C(=C)C)cc3c3cc(OC(=O)C(=C)C)c(OC(=O)C(=C)C)cc3c2cc1OC(=O)C(=C)C. The van der Waals surface area contributed by atoms with E-state index < -0.39 is 35.8 Å². The minimum absolute atomic E-state index is 0.0365. The lowest BCUT2D eigenvalue weighted by atomic mass is 9.93. The molecule has 0 radical (unpaired) electrons. The maximum absolute atomic E-state index is 12.8. The van der Waals surface area contributed by atoms with E-state index in [9.17, 15) is 28.8 Å². The van der Waals surface area contributed by atoms with Gasteiger partial charge in [-0.2, -0.15) is 0 Å². The van der Waals surface area contributed by atoms with Crippen LogP contribution in [0.15, 0.2) is 109 Å². The van der Waals surface area contributed by atoms with Gasteiger partial charge >= 0.3 is 35.8 Å². The van der Waals surface area contributed by atoms with E-state index in [0.717, 1.165) is 0 Å². The molecule has 12 nitrogen and oxygen atoms in total. The maximum atomic E-state index is 12.8. The molecule has 0 bridgehead atoms. The van der Waals surface area contributed by atoms with Crippen molar-refractivity contribution in [2.45, 2.75) is 41.5 Å². The minimum Gasteiger partial charge on any atom is -0.419 e. The highest BCUT2D eigenvalue weighted by molar-refractivity contribution is 6.27. The number of esters is 6. The number of benzene rings is 4. The first-order valence-corrected chi connectivity index (χ1v) is 16.0. The van der Waals surface area contributed by atoms with Crippen LogP contribution in [-0.2, 0) is 28.8 Å². The molecule has 12 heteroatoms. The van der Waals surface area contributed by atoms with E-state index in [1.807, 2.05) is 0 Å². The Bertz CT molecular complexity index is 1990. The highest BCUT2D eigenvalue weighted by Gasteiger charge is 2.25. The van der Waals surface area contributed by atoms with Gasteiger partial charge in [0.15, 0.2) is 34.5 Å². The molecule has 0 saturated heterocycles. The molecule has 0 spiro atoms. The Kier molecular flexibility index (Phi) is 11.5. The van der Waals surface area contributed by atoms with Gasteiger partial charge in [-0.25, -0.2) is 28.8 Å². The van der Waals surface area contributed by atoms with Crippen molar-refractivity contribution in [2.75, 3.05) is 0 Å². The van der Waals surface area contributed by atoms with Crippen molar-refractivity contribution >= 4 is 68.1 Å². The second-order valence-corrected chi connectivity index (χ2v) is 12.6. The molecule has 0 aliphatic carbocycles. The molecule has 4 aromatic rings. The molecule has 0 aliphatic rings. The number of fused-ring (bicyclic) bond motifs is 6. The van der Waals surface area contributed by atoms with Crippen molar-refractivity contribution in [2.24, 2.45) is 0 Å². The summed E-state index contributed by atoms with van der Waals surface area (Å²) in [4.78, 5) is 76.9. The van der Waals surface area contributed by atoms with Crippen molar-refractivity contribution in [1.29, 1.82) is 0 Å². The second-order valence-electron chi connectivity index (χ2n) is 12.6. The Balaban J connectivity index is 2.30. The van der Waals surface area contributed by atoms with E-state index in [1.165, 1.54) is 77.9 Å². The average Bonchev–Trinajstić information content (AvgIpc) is 3.08. The van der Waals surface area contributed by atoms with E-state index in [4.69, 9.17) is 28.4 Å². The lowest BCUT2D eigenvalue weighted by Crippen LogP contribution is -2.14. The maximum Gasteiger partial charge on any atom is 0.338 e. The van der Waals surface area contributed by atoms with Crippen LogP contribution in [0.5, 0.6) is 34.5 Å². The minimum atomic E-state index is -0.838. The molecule has 0 atom stereocenters. The summed E-state index contributed by atoms with van der Waals surface area (Å²) in [6.07, 6.45) is 0. The summed E-state index contributed by atoms with van der Waals surface area (Å²) in [5.41, 5.74) is 0.219. The number of hydrogen-bond acceptors (Lipinski definition) is 12. The smallest absolute Gasteiger partial charge is 0.338 e. The highest BCUT2D eigenvalue weighted by Crippen LogP contribution is 2.47. The zero-order valence-corrected chi connectivity index (χ0v) is 30.6. The van der Waals surface area contributed by atoms with Crippen molar-refractivity contribution in [3.05, 3.63) is 109 Å². The standard InChI is InChI=1S/C42H36O12/c1-19(2)37(43)49-31-13-25-26(14-32(31)50-38(44)20(3)4)28-16-34(52-40(46)22(7)8)36(54-42(48)24(11)12)18-30(28)29-17-35(53-41(47)23(9)10)33(15-27(25)29)51-39(45)21(5)6/h13-18H,1,3,5,7,9,11H2,2,4,6,8,10,12H3. The van der Waals surface area contributed by atoms with E-state index >= 15 is 0 Å². The van der Waals surface area contributed by atoms with Crippen LogP contribution in [0, 0.1) is 0 Å². The molecule has 0 aromatic heterocycles. The molecule has 0 N–H and O–H groups in total. The molecular weight excluding hydrogens is 696 g/mol. The third-order valence-corrected chi connectivity index (χ3v) is 7.43. The molecule has 4 rings (SSSR count). The summed E-state index contributed by atoms with van der Waals surface area (Å²) < 4.78 is 33.6. The molecular formula is C42H36O12. The van der Waals surface area contributed by atoms with Gasteiger partial charge in [0, 0.05) is 33.4 Å². The Morgan fingerprint density at radius 3 is 0.500 bits per heavy atom. The van der Waals surface area contributed by atoms with E-state index in [0.29, 0.717) is 32.3 Å². The van der Waals surface area contributed by atoms with Crippen molar-refractivity contribution < 1.29 is 57.2 Å². The van der Waals surface area contributed by atoms with E-state index in [1.54, 1.807) is 0 Å². The van der Waals surface area contributed by atoms with Crippen LogP contribution in [0.3, 0.4) is 0 Å². The number of carbonyl (C=O) groups is 6. The Morgan fingerprint density at radius 2 is 0.407 bits per heavy atom. The Labute approximate surface area is 310 Å². The molecule has 0 fully saturated rings. The van der Waals surface area contributed by atoms with Gasteiger partial charge in [0.2, 0.25) is 0 Å². The fourth-order valence-electron chi connectivity index (χ4n) is 4.62. The third-order valence-electron chi connectivity index (χ3n) is 7.43. The average molecular weight is 733 g/mol.